The number of piperidine rings is 1. The molecule has 4 aliphatic heterocycles. The summed E-state index contributed by atoms with van der Waals surface area (Å²) < 4.78 is 4.04. The molecular formula is C26H34N4O2. The number of aromatic nitrogens is 2. The minimum absolute atomic E-state index is 0.161. The quantitative estimate of drug-likeness (QED) is 0.743. The van der Waals surface area contributed by atoms with Crippen molar-refractivity contribution in [3.8, 4) is 0 Å². The first kappa shape index (κ1) is 20.4. The van der Waals surface area contributed by atoms with Crippen LogP contribution in [0.2, 0.25) is 0 Å². The molecule has 0 amide bonds. The van der Waals surface area contributed by atoms with Crippen LogP contribution in [0.1, 0.15) is 43.0 Å². The minimum atomic E-state index is 0.161. The maximum Gasteiger partial charge on any atom is 0.250 e. The van der Waals surface area contributed by atoms with Gasteiger partial charge in [0, 0.05) is 87.7 Å². The van der Waals surface area contributed by atoms with Gasteiger partial charge in [-0.1, -0.05) is 19.1 Å². The van der Waals surface area contributed by atoms with Crippen LogP contribution < -0.4 is 11.1 Å². The molecule has 6 heteroatoms. The highest BCUT2D eigenvalue weighted by molar-refractivity contribution is 5.19. The lowest BCUT2D eigenvalue weighted by Gasteiger charge is -2.43. The third kappa shape index (κ3) is 3.57. The SMILES string of the molecule is CC1CC2c3cccc(=O)n3CC2CN(CCN2CC3CC(C2)c2cccc(=O)n2C3)C1. The highest BCUT2D eigenvalue weighted by atomic mass is 16.1. The highest BCUT2D eigenvalue weighted by Crippen LogP contribution is 2.40. The van der Waals surface area contributed by atoms with Crippen molar-refractivity contribution in [3.63, 3.8) is 0 Å². The Bertz CT molecular complexity index is 1120. The second-order valence-electron chi connectivity index (χ2n) is 10.8. The lowest BCUT2D eigenvalue weighted by atomic mass is 9.83. The summed E-state index contributed by atoms with van der Waals surface area (Å²) in [7, 11) is 0. The van der Waals surface area contributed by atoms with Crippen LogP contribution in [-0.4, -0.2) is 58.2 Å². The monoisotopic (exact) mass is 434 g/mol. The number of pyridine rings is 2. The highest BCUT2D eigenvalue weighted by Gasteiger charge is 2.38. The van der Waals surface area contributed by atoms with Gasteiger partial charge < -0.3 is 18.9 Å². The average molecular weight is 435 g/mol. The van der Waals surface area contributed by atoms with E-state index in [0.29, 0.717) is 29.6 Å². The van der Waals surface area contributed by atoms with Gasteiger partial charge in [0.15, 0.2) is 0 Å². The molecule has 6 rings (SSSR count). The first-order valence-corrected chi connectivity index (χ1v) is 12.4. The van der Waals surface area contributed by atoms with Gasteiger partial charge in [0.2, 0.25) is 0 Å². The fourth-order valence-electron chi connectivity index (χ4n) is 7.16. The Hall–Kier alpha value is -2.18. The van der Waals surface area contributed by atoms with Crippen molar-refractivity contribution in [2.24, 2.45) is 17.8 Å². The smallest absolute Gasteiger partial charge is 0.250 e. The van der Waals surface area contributed by atoms with Gasteiger partial charge in [-0.05, 0) is 42.7 Å². The fourth-order valence-corrected chi connectivity index (χ4v) is 7.16. The molecule has 2 bridgehead atoms. The molecule has 0 radical (unpaired) electrons. The lowest BCUT2D eigenvalue weighted by Crippen LogP contribution is -2.49. The molecule has 32 heavy (non-hydrogen) atoms. The van der Waals surface area contributed by atoms with Gasteiger partial charge in [-0.15, -0.1) is 0 Å². The first-order chi connectivity index (χ1) is 15.5. The number of nitrogens with zero attached hydrogens (tertiary/aromatic N) is 4. The maximum absolute atomic E-state index is 12.4. The molecule has 0 saturated carbocycles. The molecule has 6 nitrogen and oxygen atoms in total. The summed E-state index contributed by atoms with van der Waals surface area (Å²) in [5.41, 5.74) is 2.82. The standard InChI is InChI=1S/C26H34N4O2/c1-18-10-22-21(17-30-24(22)5-3-7-26(30)32)16-27(12-18)8-9-28-13-19-11-20(15-28)23-4-2-6-25(31)29(23)14-19/h2-7,18-22H,8-17H2,1H3. The Morgan fingerprint density at radius 2 is 1.44 bits per heavy atom. The zero-order chi connectivity index (χ0) is 21.8. The summed E-state index contributed by atoms with van der Waals surface area (Å²) in [5.74, 6) is 2.79. The van der Waals surface area contributed by atoms with E-state index >= 15 is 0 Å². The van der Waals surface area contributed by atoms with Gasteiger partial charge in [0.05, 0.1) is 0 Å². The van der Waals surface area contributed by atoms with Crippen LogP contribution in [-0.2, 0) is 13.1 Å². The molecule has 2 fully saturated rings. The van der Waals surface area contributed by atoms with Crippen LogP contribution in [0.25, 0.3) is 0 Å². The van der Waals surface area contributed by atoms with Crippen LogP contribution in [0.4, 0.5) is 0 Å². The number of fused-ring (bicyclic) bond motifs is 7. The molecule has 5 unspecified atom stereocenters. The Morgan fingerprint density at radius 3 is 2.22 bits per heavy atom. The molecule has 2 aromatic rings. The third-order valence-electron chi connectivity index (χ3n) is 8.46. The average Bonchev–Trinajstić information content (AvgIpc) is 3.02. The molecule has 2 saturated heterocycles. The predicted octanol–water partition coefficient (Wildman–Crippen LogP) is 2.18. The van der Waals surface area contributed by atoms with E-state index in [1.54, 1.807) is 12.1 Å². The predicted molar refractivity (Wildman–Crippen MR) is 125 cm³/mol. The Balaban J connectivity index is 1.12. The van der Waals surface area contributed by atoms with E-state index in [1.807, 2.05) is 21.3 Å². The lowest BCUT2D eigenvalue weighted by molar-refractivity contribution is 0.102. The van der Waals surface area contributed by atoms with Crippen molar-refractivity contribution in [1.29, 1.82) is 0 Å². The summed E-state index contributed by atoms with van der Waals surface area (Å²) in [4.78, 5) is 29.9. The van der Waals surface area contributed by atoms with E-state index in [4.69, 9.17) is 0 Å². The molecule has 4 aliphatic rings. The number of hydrogen-bond acceptors (Lipinski definition) is 4. The molecule has 5 atom stereocenters. The number of hydrogen-bond donors (Lipinski definition) is 0. The number of likely N-dealkylation sites (tertiary alicyclic amines) is 2. The second kappa shape index (κ2) is 7.99. The van der Waals surface area contributed by atoms with Crippen molar-refractivity contribution in [2.45, 2.75) is 44.7 Å². The van der Waals surface area contributed by atoms with Gasteiger partial charge in [-0.25, -0.2) is 0 Å². The Labute approximate surface area is 189 Å². The maximum atomic E-state index is 12.4. The van der Waals surface area contributed by atoms with E-state index in [0.717, 1.165) is 52.4 Å². The van der Waals surface area contributed by atoms with Crippen LogP contribution >= 0.6 is 0 Å². The van der Waals surface area contributed by atoms with Crippen molar-refractivity contribution in [2.75, 3.05) is 39.3 Å². The largest absolute Gasteiger partial charge is 0.312 e. The summed E-state index contributed by atoms with van der Waals surface area (Å²) in [6.07, 6.45) is 2.40. The summed E-state index contributed by atoms with van der Waals surface area (Å²) in [6, 6.07) is 11.6. The summed E-state index contributed by atoms with van der Waals surface area (Å²) in [6.45, 7) is 10.7. The molecule has 0 spiro atoms. The third-order valence-corrected chi connectivity index (χ3v) is 8.46. The van der Waals surface area contributed by atoms with Gasteiger partial charge in [-0.2, -0.15) is 0 Å². The minimum Gasteiger partial charge on any atom is -0.312 e. The van der Waals surface area contributed by atoms with Gasteiger partial charge >= 0.3 is 0 Å². The normalized spacial score (nSPS) is 32.1. The molecule has 6 heterocycles. The number of rotatable bonds is 3. The van der Waals surface area contributed by atoms with Gasteiger partial charge in [0.1, 0.15) is 0 Å². The molecular weight excluding hydrogens is 400 g/mol. The van der Waals surface area contributed by atoms with E-state index in [1.165, 1.54) is 24.2 Å². The van der Waals surface area contributed by atoms with Crippen molar-refractivity contribution in [3.05, 3.63) is 68.5 Å². The zero-order valence-corrected chi connectivity index (χ0v) is 19.0. The molecule has 2 aromatic heterocycles. The van der Waals surface area contributed by atoms with Crippen molar-refractivity contribution >= 4 is 0 Å². The zero-order valence-electron chi connectivity index (χ0n) is 19.0. The fraction of sp³-hybridized carbons (Fsp3) is 0.615. The van der Waals surface area contributed by atoms with E-state index in [-0.39, 0.29) is 11.1 Å². The van der Waals surface area contributed by atoms with Crippen molar-refractivity contribution in [1.82, 2.24) is 18.9 Å². The van der Waals surface area contributed by atoms with E-state index in [2.05, 4.69) is 28.9 Å². The molecule has 170 valence electrons. The van der Waals surface area contributed by atoms with Crippen molar-refractivity contribution < 1.29 is 0 Å². The van der Waals surface area contributed by atoms with E-state index in [9.17, 15) is 9.59 Å². The molecule has 0 aliphatic carbocycles. The Kier molecular flexibility index (Phi) is 5.10. The van der Waals surface area contributed by atoms with Crippen LogP contribution in [0.15, 0.2) is 46.0 Å². The van der Waals surface area contributed by atoms with E-state index < -0.39 is 0 Å². The Morgan fingerprint density at radius 1 is 0.750 bits per heavy atom. The molecule has 0 N–H and O–H groups in total. The van der Waals surface area contributed by atoms with Crippen LogP contribution in [0.5, 0.6) is 0 Å². The topological polar surface area (TPSA) is 50.5 Å². The van der Waals surface area contributed by atoms with Gasteiger partial charge in [0.25, 0.3) is 11.1 Å². The first-order valence-electron chi connectivity index (χ1n) is 12.4. The van der Waals surface area contributed by atoms with Crippen LogP contribution in [0.3, 0.4) is 0 Å². The van der Waals surface area contributed by atoms with Crippen LogP contribution in [0, 0.1) is 17.8 Å². The summed E-state index contributed by atoms with van der Waals surface area (Å²) in [5, 5.41) is 0. The second-order valence-corrected chi connectivity index (χ2v) is 10.8. The summed E-state index contributed by atoms with van der Waals surface area (Å²) >= 11 is 0. The molecule has 0 aromatic carbocycles. The van der Waals surface area contributed by atoms with Gasteiger partial charge in [-0.3, -0.25) is 9.59 Å².